The number of hydrogen-bond donors (Lipinski definition) is 2. The Hall–Kier alpha value is -3.78. The van der Waals surface area contributed by atoms with Gasteiger partial charge in [0, 0.05) is 39.9 Å². The minimum Gasteiger partial charge on any atom is -0.326 e. The lowest BCUT2D eigenvalue weighted by atomic mass is 10.1. The van der Waals surface area contributed by atoms with Crippen LogP contribution in [-0.4, -0.2) is 26.5 Å². The van der Waals surface area contributed by atoms with E-state index in [2.05, 4.69) is 15.4 Å². The molecule has 0 fully saturated rings. The molecule has 2 aromatic carbocycles. The van der Waals surface area contributed by atoms with E-state index in [1.807, 2.05) is 42.6 Å². The molecule has 4 aromatic rings. The Bertz CT molecular complexity index is 1330. The fourth-order valence-electron chi connectivity index (χ4n) is 3.40. The molecule has 2 N–H and O–H groups in total. The summed E-state index contributed by atoms with van der Waals surface area (Å²) in [6, 6.07) is 16.6. The number of ketones is 1. The van der Waals surface area contributed by atoms with Crippen molar-refractivity contribution in [2.45, 2.75) is 26.7 Å². The van der Waals surface area contributed by atoms with Crippen LogP contribution in [0.2, 0.25) is 0 Å². The van der Waals surface area contributed by atoms with Crippen molar-refractivity contribution in [3.8, 4) is 16.4 Å². The molecule has 32 heavy (non-hydrogen) atoms. The van der Waals surface area contributed by atoms with E-state index in [1.54, 1.807) is 24.3 Å². The van der Waals surface area contributed by atoms with Crippen LogP contribution in [0.3, 0.4) is 0 Å². The fraction of sp³-hybridized carbons (Fsp3) is 0.167. The molecule has 0 unspecified atom stereocenters. The van der Waals surface area contributed by atoms with E-state index in [-0.39, 0.29) is 23.7 Å². The number of H-pyrrole nitrogens is 1. The summed E-state index contributed by atoms with van der Waals surface area (Å²) >= 11 is 1.38. The smallest absolute Gasteiger partial charge is 0.276 e. The van der Waals surface area contributed by atoms with Gasteiger partial charge in [0.1, 0.15) is 0 Å². The Morgan fingerprint density at radius 3 is 2.66 bits per heavy atom. The number of rotatable bonds is 7. The topological polar surface area (TPSA) is 96.8 Å². The third kappa shape index (κ3) is 4.60. The molecule has 0 spiro atoms. The number of nitrogens with one attached hydrogen (secondary N) is 2. The number of benzene rings is 2. The molecule has 4 rings (SSSR count). The average Bonchev–Trinajstić information content (AvgIpc) is 3.38. The second-order valence-corrected chi connectivity index (χ2v) is 8.26. The van der Waals surface area contributed by atoms with Gasteiger partial charge in [-0.1, -0.05) is 42.5 Å². The second kappa shape index (κ2) is 9.15. The van der Waals surface area contributed by atoms with Crippen LogP contribution in [0.5, 0.6) is 0 Å². The monoisotopic (exact) mass is 446 g/mol. The van der Waals surface area contributed by atoms with Crippen LogP contribution < -0.4 is 10.9 Å². The van der Waals surface area contributed by atoms with Crippen molar-refractivity contribution in [2.75, 3.05) is 5.32 Å². The first-order chi connectivity index (χ1) is 15.4. The van der Waals surface area contributed by atoms with E-state index in [9.17, 15) is 14.4 Å². The molecule has 8 heteroatoms. The lowest BCUT2D eigenvalue weighted by molar-refractivity contribution is -0.116. The Labute approximate surface area is 188 Å². The number of thiazole rings is 1. The Morgan fingerprint density at radius 1 is 1.12 bits per heavy atom. The van der Waals surface area contributed by atoms with E-state index < -0.39 is 0 Å². The number of anilines is 1. The summed E-state index contributed by atoms with van der Waals surface area (Å²) in [5.41, 5.74) is 3.93. The van der Waals surface area contributed by atoms with Gasteiger partial charge in [-0.05, 0) is 32.4 Å². The summed E-state index contributed by atoms with van der Waals surface area (Å²) in [6.45, 7) is 3.29. The lowest BCUT2D eigenvalue weighted by Gasteiger charge is -2.06. The van der Waals surface area contributed by atoms with Crippen molar-refractivity contribution >= 4 is 28.7 Å². The van der Waals surface area contributed by atoms with E-state index >= 15 is 0 Å². The molecule has 0 saturated carbocycles. The standard InChI is InChI=1S/C24H22N4O3S/c1-15-20(11-12-22(30)25-19-10-6-9-18(13-19)16(2)29)23(31)28(27-15)24-26-21(14-32-24)17-7-4-3-5-8-17/h3-10,13-14,27H,11-12H2,1-2H3,(H,25,30). The van der Waals surface area contributed by atoms with Crippen molar-refractivity contribution in [2.24, 2.45) is 0 Å². The highest BCUT2D eigenvalue weighted by molar-refractivity contribution is 7.12. The maximum Gasteiger partial charge on any atom is 0.276 e. The number of aryl methyl sites for hydroxylation is 1. The van der Waals surface area contributed by atoms with Crippen LogP contribution in [0.15, 0.2) is 64.8 Å². The Kier molecular flexibility index (Phi) is 6.13. The number of nitrogens with zero attached hydrogens (tertiary/aromatic N) is 2. The van der Waals surface area contributed by atoms with Gasteiger partial charge < -0.3 is 5.32 Å². The fourth-order valence-corrected chi connectivity index (χ4v) is 4.19. The number of carbonyl (C=O) groups is 2. The van der Waals surface area contributed by atoms with E-state index in [0.717, 1.165) is 11.3 Å². The third-order valence-electron chi connectivity index (χ3n) is 5.10. The molecule has 7 nitrogen and oxygen atoms in total. The maximum atomic E-state index is 13.0. The third-order valence-corrected chi connectivity index (χ3v) is 5.93. The van der Waals surface area contributed by atoms with Gasteiger partial charge in [0.15, 0.2) is 5.78 Å². The summed E-state index contributed by atoms with van der Waals surface area (Å²) in [5.74, 6) is -0.292. The van der Waals surface area contributed by atoms with Gasteiger partial charge >= 0.3 is 0 Å². The molecular formula is C24H22N4O3S. The van der Waals surface area contributed by atoms with Crippen LogP contribution in [0.4, 0.5) is 5.69 Å². The number of Topliss-reactive ketones (excluding diaryl/α,β-unsaturated/α-hetero) is 1. The van der Waals surface area contributed by atoms with Gasteiger partial charge in [0.25, 0.3) is 5.56 Å². The molecule has 162 valence electrons. The van der Waals surface area contributed by atoms with Gasteiger partial charge in [-0.15, -0.1) is 11.3 Å². The zero-order chi connectivity index (χ0) is 22.7. The molecule has 0 atom stereocenters. The lowest BCUT2D eigenvalue weighted by Crippen LogP contribution is -2.19. The highest BCUT2D eigenvalue weighted by Crippen LogP contribution is 2.23. The first-order valence-corrected chi connectivity index (χ1v) is 11.0. The van der Waals surface area contributed by atoms with Crippen LogP contribution in [0, 0.1) is 6.92 Å². The molecule has 0 aliphatic carbocycles. The molecule has 0 aliphatic rings. The largest absolute Gasteiger partial charge is 0.326 e. The van der Waals surface area contributed by atoms with Crippen molar-refractivity contribution in [3.63, 3.8) is 0 Å². The van der Waals surface area contributed by atoms with E-state index in [4.69, 9.17) is 0 Å². The second-order valence-electron chi connectivity index (χ2n) is 7.42. The Morgan fingerprint density at radius 2 is 1.91 bits per heavy atom. The molecule has 2 aromatic heterocycles. The van der Waals surface area contributed by atoms with Gasteiger partial charge in [0.05, 0.1) is 5.69 Å². The summed E-state index contributed by atoms with van der Waals surface area (Å²) in [4.78, 5) is 41.5. The number of aromatic amines is 1. The first kappa shape index (κ1) is 21.5. The zero-order valence-corrected chi connectivity index (χ0v) is 18.5. The molecule has 0 bridgehead atoms. The zero-order valence-electron chi connectivity index (χ0n) is 17.7. The molecule has 0 radical (unpaired) electrons. The molecular weight excluding hydrogens is 424 g/mol. The highest BCUT2D eigenvalue weighted by Gasteiger charge is 2.16. The normalized spacial score (nSPS) is 10.8. The maximum absolute atomic E-state index is 13.0. The minimum atomic E-state index is -0.224. The molecule has 1 amide bonds. The quantitative estimate of drug-likeness (QED) is 0.412. The summed E-state index contributed by atoms with van der Waals surface area (Å²) in [5, 5.41) is 8.32. The SMILES string of the molecule is CC(=O)c1cccc(NC(=O)CCc2c(C)[nH]n(-c3nc(-c4ccccc4)cs3)c2=O)c1. The molecule has 2 heterocycles. The summed E-state index contributed by atoms with van der Waals surface area (Å²) < 4.78 is 1.43. The van der Waals surface area contributed by atoms with Crippen molar-refractivity contribution in [1.29, 1.82) is 0 Å². The van der Waals surface area contributed by atoms with Crippen LogP contribution in [-0.2, 0) is 11.2 Å². The minimum absolute atomic E-state index is 0.0674. The average molecular weight is 447 g/mol. The van der Waals surface area contributed by atoms with E-state index in [0.29, 0.717) is 34.1 Å². The number of carbonyl (C=O) groups excluding carboxylic acids is 2. The van der Waals surface area contributed by atoms with Crippen LogP contribution >= 0.6 is 11.3 Å². The van der Waals surface area contributed by atoms with Crippen LogP contribution in [0.1, 0.15) is 35.0 Å². The van der Waals surface area contributed by atoms with Gasteiger partial charge in [-0.25, -0.2) is 4.98 Å². The number of hydrogen-bond acceptors (Lipinski definition) is 5. The summed E-state index contributed by atoms with van der Waals surface area (Å²) in [7, 11) is 0. The molecule has 0 aliphatic heterocycles. The Balaban J connectivity index is 1.46. The van der Waals surface area contributed by atoms with Crippen molar-refractivity contribution in [3.05, 3.63) is 87.2 Å². The predicted molar refractivity (Wildman–Crippen MR) is 126 cm³/mol. The first-order valence-electron chi connectivity index (χ1n) is 10.1. The summed E-state index contributed by atoms with van der Waals surface area (Å²) in [6.07, 6.45) is 0.439. The predicted octanol–water partition coefficient (Wildman–Crippen LogP) is 4.37. The van der Waals surface area contributed by atoms with Gasteiger partial charge in [-0.2, -0.15) is 4.68 Å². The van der Waals surface area contributed by atoms with Crippen LogP contribution in [0.25, 0.3) is 16.4 Å². The van der Waals surface area contributed by atoms with Gasteiger partial charge in [-0.3, -0.25) is 19.5 Å². The van der Waals surface area contributed by atoms with Crippen molar-refractivity contribution < 1.29 is 9.59 Å². The number of amides is 1. The van der Waals surface area contributed by atoms with E-state index in [1.165, 1.54) is 22.9 Å². The van der Waals surface area contributed by atoms with Crippen molar-refractivity contribution in [1.82, 2.24) is 14.8 Å². The highest BCUT2D eigenvalue weighted by atomic mass is 32.1. The van der Waals surface area contributed by atoms with Gasteiger partial charge in [0.2, 0.25) is 11.0 Å². The molecule has 0 saturated heterocycles. The number of aromatic nitrogens is 3.